The molecule has 6 nitrogen and oxygen atoms in total. The van der Waals surface area contributed by atoms with Gasteiger partial charge in [-0.3, -0.25) is 14.6 Å². The fraction of sp³-hybridized carbons (Fsp3) is 0.500. The van der Waals surface area contributed by atoms with Crippen molar-refractivity contribution in [1.82, 2.24) is 15.2 Å². The molecule has 1 aromatic carbocycles. The van der Waals surface area contributed by atoms with Crippen LogP contribution in [-0.4, -0.2) is 48.4 Å². The molecule has 2 atom stereocenters. The number of aromatic nitrogens is 1. The summed E-state index contributed by atoms with van der Waals surface area (Å²) in [5.74, 6) is -1.37. The van der Waals surface area contributed by atoms with Crippen LogP contribution in [0.25, 0.3) is 0 Å². The molecule has 180 valence electrons. The number of nitrogens with one attached hydrogen (secondary N) is 1. The van der Waals surface area contributed by atoms with E-state index in [4.69, 9.17) is 5.73 Å². The molecular weight excluding hydrogens is 419 g/mol. The Bertz CT molecular complexity index is 998. The highest BCUT2D eigenvalue weighted by Gasteiger charge is 2.29. The van der Waals surface area contributed by atoms with Crippen LogP contribution in [0.15, 0.2) is 30.6 Å². The lowest BCUT2D eigenvalue weighted by atomic mass is 9.74. The van der Waals surface area contributed by atoms with Crippen LogP contribution in [0.5, 0.6) is 0 Å². The molecule has 2 aromatic rings. The largest absolute Gasteiger partial charge is 0.366 e. The van der Waals surface area contributed by atoms with Crippen molar-refractivity contribution in [1.29, 1.82) is 0 Å². The lowest BCUT2D eigenvalue weighted by Crippen LogP contribution is -2.42. The molecular formula is C26H37FN4O2. The van der Waals surface area contributed by atoms with Crippen LogP contribution >= 0.6 is 0 Å². The first-order chi connectivity index (χ1) is 15.3. The highest BCUT2D eigenvalue weighted by atomic mass is 19.1. The number of likely N-dealkylation sites (N-methyl/N-ethyl adjacent to an activating group) is 1. The summed E-state index contributed by atoms with van der Waals surface area (Å²) >= 11 is 0. The molecule has 33 heavy (non-hydrogen) atoms. The van der Waals surface area contributed by atoms with E-state index in [2.05, 4.69) is 37.1 Å². The lowest BCUT2D eigenvalue weighted by molar-refractivity contribution is -0.122. The molecule has 0 aliphatic heterocycles. The molecule has 0 fully saturated rings. The minimum Gasteiger partial charge on any atom is -0.366 e. The number of carbonyl (C=O) groups excluding carboxylic acids is 2. The standard InChI is InChI=1S/C26H37FN4O2/c1-16-10-19(14-29-13-16)22(26(3,4)5)12-23(32)30-15-20(31(6)7)11-18-8-9-21(25(28)33)24(27)17(18)2/h8-10,13-14,20,22H,11-12,15H2,1-7H3,(H2,28,33)(H,30,32)/t20-,22-/m0/s1. The Hall–Kier alpha value is -2.80. The van der Waals surface area contributed by atoms with Crippen LogP contribution in [0.1, 0.15) is 65.7 Å². The summed E-state index contributed by atoms with van der Waals surface area (Å²) in [5, 5.41) is 3.07. The van der Waals surface area contributed by atoms with Crippen molar-refractivity contribution in [2.45, 2.75) is 59.4 Å². The average Bonchev–Trinajstić information content (AvgIpc) is 2.70. The predicted octanol–water partition coefficient (Wildman–Crippen LogP) is 3.75. The van der Waals surface area contributed by atoms with E-state index in [9.17, 15) is 14.0 Å². The zero-order chi connectivity index (χ0) is 24.9. The maximum atomic E-state index is 14.5. The Kier molecular flexibility index (Phi) is 8.72. The van der Waals surface area contributed by atoms with E-state index >= 15 is 0 Å². The fourth-order valence-corrected chi connectivity index (χ4v) is 4.01. The molecule has 0 aliphatic carbocycles. The highest BCUT2D eigenvalue weighted by molar-refractivity contribution is 5.93. The van der Waals surface area contributed by atoms with Gasteiger partial charge < -0.3 is 16.0 Å². The predicted molar refractivity (Wildman–Crippen MR) is 130 cm³/mol. The number of aryl methyl sites for hydroxylation is 1. The number of nitrogens with zero attached hydrogens (tertiary/aromatic N) is 2. The minimum absolute atomic E-state index is 0.0281. The Morgan fingerprint density at radius 3 is 2.39 bits per heavy atom. The number of amides is 2. The number of halogens is 1. The number of primary amides is 1. The van der Waals surface area contributed by atoms with Gasteiger partial charge in [0.25, 0.3) is 5.91 Å². The van der Waals surface area contributed by atoms with Gasteiger partial charge in [-0.1, -0.05) is 32.9 Å². The second-order valence-electron chi connectivity index (χ2n) is 10.1. The quantitative estimate of drug-likeness (QED) is 0.602. The smallest absolute Gasteiger partial charge is 0.251 e. The second kappa shape index (κ2) is 10.9. The molecule has 0 aliphatic rings. The number of hydrogen-bond donors (Lipinski definition) is 2. The van der Waals surface area contributed by atoms with Crippen molar-refractivity contribution >= 4 is 11.8 Å². The molecule has 0 spiro atoms. The first-order valence-corrected chi connectivity index (χ1v) is 11.2. The molecule has 3 N–H and O–H groups in total. The number of benzene rings is 1. The summed E-state index contributed by atoms with van der Waals surface area (Å²) in [7, 11) is 3.85. The fourth-order valence-electron chi connectivity index (χ4n) is 4.01. The topological polar surface area (TPSA) is 88.3 Å². The monoisotopic (exact) mass is 456 g/mol. The summed E-state index contributed by atoms with van der Waals surface area (Å²) in [6.45, 7) is 10.5. The Morgan fingerprint density at radius 2 is 1.85 bits per heavy atom. The van der Waals surface area contributed by atoms with Crippen LogP contribution in [0.3, 0.4) is 0 Å². The van der Waals surface area contributed by atoms with Crippen molar-refractivity contribution in [2.24, 2.45) is 11.1 Å². The molecule has 0 saturated heterocycles. The third-order valence-electron chi connectivity index (χ3n) is 6.22. The first-order valence-electron chi connectivity index (χ1n) is 11.2. The minimum atomic E-state index is -0.782. The molecule has 0 bridgehead atoms. The summed E-state index contributed by atoms with van der Waals surface area (Å²) in [6.07, 6.45) is 4.53. The number of nitrogens with two attached hydrogens (primary N) is 1. The van der Waals surface area contributed by atoms with Gasteiger partial charge in [-0.05, 0) is 74.0 Å². The summed E-state index contributed by atoms with van der Waals surface area (Å²) in [6, 6.07) is 5.21. The van der Waals surface area contributed by atoms with Gasteiger partial charge in [-0.2, -0.15) is 0 Å². The van der Waals surface area contributed by atoms with E-state index in [-0.39, 0.29) is 28.8 Å². The third kappa shape index (κ3) is 7.09. The zero-order valence-electron chi connectivity index (χ0n) is 20.8. The lowest BCUT2D eigenvalue weighted by Gasteiger charge is -2.31. The van der Waals surface area contributed by atoms with Gasteiger partial charge in [0.05, 0.1) is 5.56 Å². The Labute approximate surface area is 196 Å². The molecule has 0 saturated carbocycles. The van der Waals surface area contributed by atoms with Crippen LogP contribution in [-0.2, 0) is 11.2 Å². The third-order valence-corrected chi connectivity index (χ3v) is 6.22. The van der Waals surface area contributed by atoms with Crippen molar-refractivity contribution in [2.75, 3.05) is 20.6 Å². The van der Waals surface area contributed by atoms with E-state index in [1.807, 2.05) is 38.3 Å². The number of pyridine rings is 1. The zero-order valence-corrected chi connectivity index (χ0v) is 20.8. The van der Waals surface area contributed by atoms with Crippen LogP contribution in [0, 0.1) is 25.1 Å². The maximum absolute atomic E-state index is 14.5. The highest BCUT2D eigenvalue weighted by Crippen LogP contribution is 2.37. The van der Waals surface area contributed by atoms with Crippen molar-refractivity contribution < 1.29 is 14.0 Å². The van der Waals surface area contributed by atoms with E-state index in [0.717, 1.165) is 16.7 Å². The second-order valence-corrected chi connectivity index (χ2v) is 10.1. The van der Waals surface area contributed by atoms with Crippen LogP contribution in [0.2, 0.25) is 0 Å². The molecule has 0 unspecified atom stereocenters. The molecule has 2 amide bonds. The van der Waals surface area contributed by atoms with Gasteiger partial charge in [0.1, 0.15) is 5.82 Å². The Morgan fingerprint density at radius 1 is 1.18 bits per heavy atom. The van der Waals surface area contributed by atoms with E-state index in [0.29, 0.717) is 24.9 Å². The Balaban J connectivity index is 2.11. The normalized spacial score (nSPS) is 13.6. The van der Waals surface area contributed by atoms with Gasteiger partial charge in [-0.15, -0.1) is 0 Å². The average molecular weight is 457 g/mol. The van der Waals surface area contributed by atoms with E-state index in [1.165, 1.54) is 6.07 Å². The number of hydrogen-bond acceptors (Lipinski definition) is 4. The van der Waals surface area contributed by atoms with Crippen molar-refractivity contribution in [3.8, 4) is 0 Å². The van der Waals surface area contributed by atoms with Gasteiger partial charge in [0.2, 0.25) is 5.91 Å². The maximum Gasteiger partial charge on any atom is 0.251 e. The molecule has 0 radical (unpaired) electrons. The summed E-state index contributed by atoms with van der Waals surface area (Å²) < 4.78 is 14.5. The van der Waals surface area contributed by atoms with Crippen LogP contribution in [0.4, 0.5) is 4.39 Å². The van der Waals surface area contributed by atoms with Crippen molar-refractivity contribution in [3.63, 3.8) is 0 Å². The number of rotatable bonds is 9. The molecule has 1 aromatic heterocycles. The van der Waals surface area contributed by atoms with Crippen molar-refractivity contribution in [3.05, 3.63) is 64.2 Å². The van der Waals surface area contributed by atoms with Gasteiger partial charge in [0.15, 0.2) is 0 Å². The number of carbonyl (C=O) groups is 2. The van der Waals surface area contributed by atoms with Crippen LogP contribution < -0.4 is 11.1 Å². The van der Waals surface area contributed by atoms with Gasteiger partial charge >= 0.3 is 0 Å². The molecule has 7 heteroatoms. The molecule has 2 rings (SSSR count). The van der Waals surface area contributed by atoms with Gasteiger partial charge in [0, 0.05) is 31.4 Å². The SMILES string of the molecule is Cc1cncc([C@H](CC(=O)NC[C@H](Cc2ccc(C(N)=O)c(F)c2C)N(C)C)C(C)(C)C)c1. The first kappa shape index (κ1) is 26.5. The summed E-state index contributed by atoms with van der Waals surface area (Å²) in [5.41, 5.74) is 8.35. The van der Waals surface area contributed by atoms with E-state index < -0.39 is 11.7 Å². The van der Waals surface area contributed by atoms with Gasteiger partial charge in [-0.25, -0.2) is 4.39 Å². The summed E-state index contributed by atoms with van der Waals surface area (Å²) in [4.78, 5) is 30.6. The van der Waals surface area contributed by atoms with E-state index in [1.54, 1.807) is 13.0 Å². The molecule has 1 heterocycles.